The predicted molar refractivity (Wildman–Crippen MR) is 117 cm³/mol. The molecule has 2 saturated heterocycles. The molecule has 2 fully saturated rings. The minimum absolute atomic E-state index is 0.0826. The first kappa shape index (κ1) is 23.4. The van der Waals surface area contributed by atoms with Gasteiger partial charge in [-0.25, -0.2) is 27.9 Å². The maximum atomic E-state index is 14.9. The van der Waals surface area contributed by atoms with Crippen LogP contribution < -0.4 is 10.6 Å². The molecule has 3 N–H and O–H groups in total. The number of nitrogens with zero attached hydrogens (tertiary/aromatic N) is 5. The van der Waals surface area contributed by atoms with Gasteiger partial charge in [0.05, 0.1) is 31.1 Å². The molecular weight excluding hydrogens is 469 g/mol. The number of amides is 1. The summed E-state index contributed by atoms with van der Waals surface area (Å²) in [7, 11) is 0. The van der Waals surface area contributed by atoms with E-state index < -0.39 is 30.4 Å². The summed E-state index contributed by atoms with van der Waals surface area (Å²) in [4.78, 5) is 22.2. The van der Waals surface area contributed by atoms with E-state index in [-0.39, 0.29) is 25.7 Å². The maximum Gasteiger partial charge on any atom is 0.407 e. The van der Waals surface area contributed by atoms with Gasteiger partial charge in [-0.15, -0.1) is 0 Å². The molecule has 0 aliphatic carbocycles. The number of ether oxygens (including phenoxy) is 2. The zero-order valence-corrected chi connectivity index (χ0v) is 19.0. The predicted octanol–water partition coefficient (Wildman–Crippen LogP) is 2.56. The molecule has 0 bridgehead atoms. The monoisotopic (exact) mass is 494 g/mol. The van der Waals surface area contributed by atoms with E-state index in [4.69, 9.17) is 9.47 Å². The van der Waals surface area contributed by atoms with Crippen LogP contribution in [0.2, 0.25) is 0 Å². The summed E-state index contributed by atoms with van der Waals surface area (Å²) in [5.74, 6) is -1.89. The Labute approximate surface area is 198 Å². The summed E-state index contributed by atoms with van der Waals surface area (Å²) in [5.41, 5.74) is 1.59. The Bertz CT molecular complexity index is 1210. The number of likely N-dealkylation sites (tertiary alicyclic amines) is 1. The highest BCUT2D eigenvalue weighted by Gasteiger charge is 2.44. The van der Waals surface area contributed by atoms with Crippen LogP contribution in [0.15, 0.2) is 24.5 Å². The van der Waals surface area contributed by atoms with Crippen molar-refractivity contribution in [3.05, 3.63) is 35.9 Å². The quantitative estimate of drug-likeness (QED) is 0.458. The summed E-state index contributed by atoms with van der Waals surface area (Å²) in [6, 6.07) is 3.14. The van der Waals surface area contributed by atoms with Crippen molar-refractivity contribution >= 4 is 23.5 Å². The lowest BCUT2D eigenvalue weighted by Gasteiger charge is -2.38. The summed E-state index contributed by atoms with van der Waals surface area (Å²) >= 11 is 0. The molecule has 35 heavy (non-hydrogen) atoms. The number of rotatable bonds is 7. The van der Waals surface area contributed by atoms with Crippen molar-refractivity contribution in [1.29, 1.82) is 0 Å². The average molecular weight is 494 g/mol. The average Bonchev–Trinajstić information content (AvgIpc) is 3.46. The summed E-state index contributed by atoms with van der Waals surface area (Å²) in [5, 5.41) is 12.5. The first-order valence-electron chi connectivity index (χ1n) is 11.2. The Morgan fingerprint density at radius 1 is 1.40 bits per heavy atom. The highest BCUT2D eigenvalue weighted by molar-refractivity contribution is 5.67. The van der Waals surface area contributed by atoms with Gasteiger partial charge in [0.1, 0.15) is 11.8 Å². The van der Waals surface area contributed by atoms with Gasteiger partial charge in [-0.1, -0.05) is 0 Å². The van der Waals surface area contributed by atoms with Gasteiger partial charge in [-0.2, -0.15) is 5.10 Å². The van der Waals surface area contributed by atoms with Crippen molar-refractivity contribution in [1.82, 2.24) is 34.8 Å². The van der Waals surface area contributed by atoms with Crippen LogP contribution >= 0.6 is 0 Å². The molecule has 2 aliphatic heterocycles. The van der Waals surface area contributed by atoms with E-state index in [2.05, 4.69) is 30.8 Å². The lowest BCUT2D eigenvalue weighted by Crippen LogP contribution is -2.55. The standard InChI is InChI=1S/C21H25F3N8O3/c1-11(2)26-20(33)35-14-8-34-18(17(14)22)13-5-15(30-29-13)28-19-25-4-3-16-27-12(7-32(16)19)6-31-9-21(23,24)10-31/h3-5,7,11,14,17-18H,6,8-10H2,1-2H3,(H,26,33)(H2,25,28,29,30)/t14-,17-,18-/m1/s1. The van der Waals surface area contributed by atoms with E-state index >= 15 is 0 Å². The van der Waals surface area contributed by atoms with Crippen LogP contribution in [0, 0.1) is 0 Å². The fraction of sp³-hybridized carbons (Fsp3) is 0.524. The van der Waals surface area contributed by atoms with Crippen LogP contribution in [0.5, 0.6) is 0 Å². The lowest BCUT2D eigenvalue weighted by molar-refractivity contribution is -0.134. The molecule has 0 spiro atoms. The number of anilines is 2. The molecule has 188 valence electrons. The Morgan fingerprint density at radius 3 is 2.94 bits per heavy atom. The molecule has 2 aliphatic rings. The number of halogens is 3. The molecule has 0 unspecified atom stereocenters. The third-order valence-corrected chi connectivity index (χ3v) is 5.62. The van der Waals surface area contributed by atoms with Crippen molar-refractivity contribution < 1.29 is 27.4 Å². The first-order valence-corrected chi connectivity index (χ1v) is 11.2. The van der Waals surface area contributed by atoms with Crippen molar-refractivity contribution in [2.24, 2.45) is 0 Å². The van der Waals surface area contributed by atoms with Gasteiger partial charge in [0, 0.05) is 31.0 Å². The lowest BCUT2D eigenvalue weighted by atomic mass is 10.1. The molecule has 0 saturated carbocycles. The van der Waals surface area contributed by atoms with Crippen LogP contribution in [0.25, 0.3) is 5.65 Å². The summed E-state index contributed by atoms with van der Waals surface area (Å²) in [6.07, 6.45) is -1.02. The number of imidazole rings is 1. The van der Waals surface area contributed by atoms with Gasteiger partial charge < -0.3 is 20.1 Å². The molecule has 14 heteroatoms. The molecule has 5 heterocycles. The third kappa shape index (κ3) is 5.03. The molecule has 0 aromatic carbocycles. The Kier molecular flexibility index (Phi) is 6.01. The van der Waals surface area contributed by atoms with Gasteiger partial charge in [0.25, 0.3) is 5.92 Å². The zero-order chi connectivity index (χ0) is 24.7. The second-order valence-electron chi connectivity index (χ2n) is 9.00. The van der Waals surface area contributed by atoms with E-state index in [0.717, 1.165) is 0 Å². The third-order valence-electron chi connectivity index (χ3n) is 5.62. The molecule has 3 aromatic heterocycles. The Morgan fingerprint density at radius 2 is 2.20 bits per heavy atom. The smallest absolute Gasteiger partial charge is 0.407 e. The van der Waals surface area contributed by atoms with Crippen LogP contribution in [0.4, 0.5) is 29.7 Å². The number of carbonyl (C=O) groups excluding carboxylic acids is 1. The number of carbonyl (C=O) groups is 1. The minimum atomic E-state index is -2.64. The fourth-order valence-corrected chi connectivity index (χ4v) is 4.09. The topological polar surface area (TPSA) is 122 Å². The highest BCUT2D eigenvalue weighted by Crippen LogP contribution is 2.33. The van der Waals surface area contributed by atoms with Crippen molar-refractivity contribution in [2.45, 2.75) is 50.7 Å². The number of alkyl carbamates (subject to hydrolysis) is 1. The van der Waals surface area contributed by atoms with Gasteiger partial charge in [0.2, 0.25) is 5.95 Å². The molecule has 0 radical (unpaired) electrons. The van der Waals surface area contributed by atoms with Crippen LogP contribution in [-0.4, -0.2) is 79.5 Å². The van der Waals surface area contributed by atoms with Crippen molar-refractivity contribution in [2.75, 3.05) is 25.0 Å². The molecule has 1 amide bonds. The zero-order valence-electron chi connectivity index (χ0n) is 19.0. The molecule has 11 nitrogen and oxygen atoms in total. The number of H-pyrrole nitrogens is 1. The summed E-state index contributed by atoms with van der Waals surface area (Å²) in [6.45, 7) is 3.20. The number of nitrogens with one attached hydrogen (secondary N) is 3. The van der Waals surface area contributed by atoms with Crippen molar-refractivity contribution in [3.63, 3.8) is 0 Å². The molecule has 3 atom stereocenters. The Hall–Kier alpha value is -3.39. The Balaban J connectivity index is 1.24. The van der Waals surface area contributed by atoms with Gasteiger partial charge >= 0.3 is 6.09 Å². The van der Waals surface area contributed by atoms with E-state index in [1.807, 2.05) is 0 Å². The number of hydrogen-bond acceptors (Lipinski definition) is 8. The van der Waals surface area contributed by atoms with E-state index in [9.17, 15) is 18.0 Å². The first-order chi connectivity index (χ1) is 16.7. The molecule has 5 rings (SSSR count). The second-order valence-corrected chi connectivity index (χ2v) is 9.00. The SMILES string of the molecule is CC(C)NC(=O)O[C@@H]1CO[C@H](c2cc(Nc3nccc4nc(CN5CC(F)(F)C5)cn34)n[nH]2)[C@@H]1F. The second kappa shape index (κ2) is 9.00. The van der Waals surface area contributed by atoms with Crippen LogP contribution in [0.1, 0.15) is 31.3 Å². The van der Waals surface area contributed by atoms with Crippen LogP contribution in [-0.2, 0) is 16.0 Å². The number of alkyl halides is 3. The number of aromatic nitrogens is 5. The van der Waals surface area contributed by atoms with Gasteiger partial charge in [0.15, 0.2) is 18.1 Å². The van der Waals surface area contributed by atoms with E-state index in [1.165, 1.54) is 0 Å². The van der Waals surface area contributed by atoms with E-state index in [0.29, 0.717) is 35.3 Å². The minimum Gasteiger partial charge on any atom is -0.441 e. The van der Waals surface area contributed by atoms with E-state index in [1.54, 1.807) is 47.7 Å². The normalized spacial score (nSPS) is 24.0. The molecule has 3 aromatic rings. The van der Waals surface area contributed by atoms with Crippen molar-refractivity contribution in [3.8, 4) is 0 Å². The number of hydrogen-bond donors (Lipinski definition) is 3. The number of fused-ring (bicyclic) bond motifs is 1. The van der Waals surface area contributed by atoms with Crippen LogP contribution in [0.3, 0.4) is 0 Å². The highest BCUT2D eigenvalue weighted by atomic mass is 19.3. The maximum absolute atomic E-state index is 14.9. The fourth-order valence-electron chi connectivity index (χ4n) is 4.09. The number of aromatic amines is 1. The van der Waals surface area contributed by atoms with Gasteiger partial charge in [-0.3, -0.25) is 14.4 Å². The van der Waals surface area contributed by atoms with Gasteiger partial charge in [-0.05, 0) is 19.9 Å². The summed E-state index contributed by atoms with van der Waals surface area (Å²) < 4.78 is 53.4. The molecular formula is C21H25F3N8O3. The largest absolute Gasteiger partial charge is 0.441 e.